The van der Waals surface area contributed by atoms with Crippen molar-refractivity contribution in [2.24, 2.45) is 0 Å². The van der Waals surface area contributed by atoms with Crippen LogP contribution in [0.15, 0.2) is 53.9 Å². The van der Waals surface area contributed by atoms with Crippen molar-refractivity contribution in [1.82, 2.24) is 25.6 Å². The Morgan fingerprint density at radius 3 is 2.64 bits per heavy atom. The summed E-state index contributed by atoms with van der Waals surface area (Å²) < 4.78 is 14.6. The van der Waals surface area contributed by atoms with E-state index in [1.165, 1.54) is 18.5 Å². The number of halogens is 2. The molecule has 7 nitrogen and oxygen atoms in total. The number of rotatable bonds is 5. The average molecular weight is 420 g/mol. The number of aromatic nitrogens is 3. The molecule has 0 bridgehead atoms. The lowest BCUT2D eigenvalue weighted by atomic mass is 10.2. The van der Waals surface area contributed by atoms with Gasteiger partial charge in [0.2, 0.25) is 5.91 Å². The van der Waals surface area contributed by atoms with E-state index in [2.05, 4.69) is 21.0 Å². The first-order valence-corrected chi connectivity index (χ1v) is 9.44. The molecule has 0 radical (unpaired) electrons. The van der Waals surface area contributed by atoms with E-state index in [0.29, 0.717) is 10.2 Å². The second-order valence-corrected chi connectivity index (χ2v) is 7.06. The van der Waals surface area contributed by atoms with Crippen LogP contribution in [0, 0.1) is 12.7 Å². The summed E-state index contributed by atoms with van der Waals surface area (Å²) in [6, 6.07) is 10.5. The van der Waals surface area contributed by atoms with Gasteiger partial charge >= 0.3 is 0 Å². The van der Waals surface area contributed by atoms with Crippen molar-refractivity contribution in [3.63, 3.8) is 0 Å². The van der Waals surface area contributed by atoms with Gasteiger partial charge < -0.3 is 0 Å². The Hall–Kier alpha value is -2.91. The van der Waals surface area contributed by atoms with Crippen LogP contribution in [0.4, 0.5) is 4.39 Å². The average Bonchev–Trinajstić information content (AvgIpc) is 3.16. The van der Waals surface area contributed by atoms with Crippen LogP contribution in [0.2, 0.25) is 5.02 Å². The van der Waals surface area contributed by atoms with Crippen molar-refractivity contribution in [3.8, 4) is 5.69 Å². The monoisotopic (exact) mass is 419 g/mol. The third-order valence-electron chi connectivity index (χ3n) is 3.70. The van der Waals surface area contributed by atoms with Gasteiger partial charge in [0, 0.05) is 10.6 Å². The van der Waals surface area contributed by atoms with Gasteiger partial charge in [-0.2, -0.15) is 0 Å². The van der Waals surface area contributed by atoms with Crippen LogP contribution in [0.1, 0.15) is 15.9 Å². The molecular formula is C18H15ClFN5O2S. The van der Waals surface area contributed by atoms with E-state index in [1.807, 2.05) is 19.1 Å². The third-order valence-corrected chi connectivity index (χ3v) is 5.05. The molecule has 0 spiro atoms. The predicted molar refractivity (Wildman–Crippen MR) is 104 cm³/mol. The van der Waals surface area contributed by atoms with E-state index >= 15 is 0 Å². The van der Waals surface area contributed by atoms with Crippen molar-refractivity contribution in [2.75, 3.05) is 5.75 Å². The topological polar surface area (TPSA) is 88.9 Å². The largest absolute Gasteiger partial charge is 0.277 e. The summed E-state index contributed by atoms with van der Waals surface area (Å²) >= 11 is 7.30. The van der Waals surface area contributed by atoms with E-state index in [0.717, 1.165) is 35.1 Å². The minimum Gasteiger partial charge on any atom is -0.277 e. The number of hydrogen-bond donors (Lipinski definition) is 2. The highest BCUT2D eigenvalue weighted by atomic mass is 35.5. The number of nitrogens with one attached hydrogen (secondary N) is 2. The van der Waals surface area contributed by atoms with Crippen LogP contribution in [0.3, 0.4) is 0 Å². The highest BCUT2D eigenvalue weighted by molar-refractivity contribution is 7.99. The molecule has 0 unspecified atom stereocenters. The van der Waals surface area contributed by atoms with Gasteiger partial charge in [-0.1, -0.05) is 29.4 Å². The molecule has 1 heterocycles. The minimum atomic E-state index is -0.546. The normalized spacial score (nSPS) is 10.5. The van der Waals surface area contributed by atoms with Gasteiger partial charge in [0.1, 0.15) is 12.1 Å². The lowest BCUT2D eigenvalue weighted by molar-refractivity contribution is -0.119. The standard InChI is InChI=1S/C18H15ClFN5O2S/c1-11-2-7-14(8-15(11)19)25-10-21-24-18(25)28-9-16(26)22-23-17(27)12-3-5-13(20)6-4-12/h2-8,10H,9H2,1H3,(H,22,26)(H,23,27). The number of hydrazine groups is 1. The molecule has 0 saturated carbocycles. The minimum absolute atomic E-state index is 0.00197. The summed E-state index contributed by atoms with van der Waals surface area (Å²) in [7, 11) is 0. The number of nitrogens with zero attached hydrogens (tertiary/aromatic N) is 3. The quantitative estimate of drug-likeness (QED) is 0.490. The number of benzene rings is 2. The van der Waals surface area contributed by atoms with E-state index < -0.39 is 17.6 Å². The molecule has 28 heavy (non-hydrogen) atoms. The fourth-order valence-corrected chi connectivity index (χ4v) is 3.10. The van der Waals surface area contributed by atoms with Crippen LogP contribution in [-0.4, -0.2) is 32.3 Å². The molecule has 10 heteroatoms. The summed E-state index contributed by atoms with van der Waals surface area (Å²) in [5.74, 6) is -1.43. The molecule has 0 aliphatic heterocycles. The maximum atomic E-state index is 12.9. The molecular weight excluding hydrogens is 405 g/mol. The Labute approximate surface area is 169 Å². The summed E-state index contributed by atoms with van der Waals surface area (Å²) in [5, 5.41) is 8.98. The van der Waals surface area contributed by atoms with Gasteiger partial charge in [-0.25, -0.2) is 4.39 Å². The summed E-state index contributed by atoms with van der Waals surface area (Å²) in [5.41, 5.74) is 6.52. The van der Waals surface area contributed by atoms with Crippen LogP contribution >= 0.6 is 23.4 Å². The number of aryl methyl sites for hydroxylation is 1. The molecule has 3 aromatic rings. The van der Waals surface area contributed by atoms with Gasteiger partial charge in [0.15, 0.2) is 5.16 Å². The van der Waals surface area contributed by atoms with Crippen molar-refractivity contribution in [3.05, 3.63) is 70.8 Å². The number of amides is 2. The predicted octanol–water partition coefficient (Wildman–Crippen LogP) is 2.92. The van der Waals surface area contributed by atoms with Crippen molar-refractivity contribution in [2.45, 2.75) is 12.1 Å². The van der Waals surface area contributed by atoms with Gasteiger partial charge in [-0.15, -0.1) is 10.2 Å². The second kappa shape index (κ2) is 8.85. The molecule has 2 aromatic carbocycles. The molecule has 0 aliphatic rings. The molecule has 2 N–H and O–H groups in total. The molecule has 0 fully saturated rings. The molecule has 144 valence electrons. The van der Waals surface area contributed by atoms with Gasteiger partial charge in [-0.05, 0) is 48.9 Å². The maximum absolute atomic E-state index is 12.9. The van der Waals surface area contributed by atoms with Crippen LogP contribution in [0.5, 0.6) is 0 Å². The lowest BCUT2D eigenvalue weighted by Crippen LogP contribution is -2.42. The molecule has 0 atom stereocenters. The number of thioether (sulfide) groups is 1. The number of hydrogen-bond acceptors (Lipinski definition) is 5. The zero-order valence-corrected chi connectivity index (χ0v) is 16.2. The zero-order valence-electron chi connectivity index (χ0n) is 14.6. The number of carbonyl (C=O) groups excluding carboxylic acids is 2. The van der Waals surface area contributed by atoms with Crippen LogP contribution in [-0.2, 0) is 4.79 Å². The van der Waals surface area contributed by atoms with Crippen molar-refractivity contribution < 1.29 is 14.0 Å². The van der Waals surface area contributed by atoms with Crippen molar-refractivity contribution >= 4 is 35.2 Å². The molecule has 3 rings (SSSR count). The molecule has 0 aliphatic carbocycles. The third kappa shape index (κ3) is 4.87. The van der Waals surface area contributed by atoms with Gasteiger partial charge in [0.25, 0.3) is 5.91 Å². The maximum Gasteiger partial charge on any atom is 0.269 e. The fourth-order valence-electron chi connectivity index (χ4n) is 2.20. The Morgan fingerprint density at radius 2 is 1.93 bits per heavy atom. The first-order valence-electron chi connectivity index (χ1n) is 8.08. The molecule has 0 saturated heterocycles. The van der Waals surface area contributed by atoms with E-state index in [-0.39, 0.29) is 11.3 Å². The van der Waals surface area contributed by atoms with Crippen LogP contribution in [0.25, 0.3) is 5.69 Å². The Kier molecular flexibility index (Phi) is 6.27. The highest BCUT2D eigenvalue weighted by Gasteiger charge is 2.12. The number of carbonyl (C=O) groups is 2. The van der Waals surface area contributed by atoms with E-state index in [1.54, 1.807) is 10.6 Å². The van der Waals surface area contributed by atoms with Gasteiger partial charge in [-0.3, -0.25) is 25.0 Å². The lowest BCUT2D eigenvalue weighted by Gasteiger charge is -2.09. The Morgan fingerprint density at radius 1 is 1.18 bits per heavy atom. The van der Waals surface area contributed by atoms with Gasteiger partial charge in [0.05, 0.1) is 11.4 Å². The molecule has 1 aromatic heterocycles. The second-order valence-electron chi connectivity index (χ2n) is 5.71. The zero-order chi connectivity index (χ0) is 20.1. The smallest absolute Gasteiger partial charge is 0.269 e. The fraction of sp³-hybridized carbons (Fsp3) is 0.111. The van der Waals surface area contributed by atoms with E-state index in [9.17, 15) is 14.0 Å². The summed E-state index contributed by atoms with van der Waals surface area (Å²) in [6.45, 7) is 1.90. The Balaban J connectivity index is 1.55. The summed E-state index contributed by atoms with van der Waals surface area (Å²) in [4.78, 5) is 23.9. The SMILES string of the molecule is Cc1ccc(-n2cnnc2SCC(=O)NNC(=O)c2ccc(F)cc2)cc1Cl. The Bertz CT molecular complexity index is 1010. The molecule has 2 amide bonds. The van der Waals surface area contributed by atoms with Crippen LogP contribution < -0.4 is 10.9 Å². The highest BCUT2D eigenvalue weighted by Crippen LogP contribution is 2.23. The summed E-state index contributed by atoms with van der Waals surface area (Å²) in [6.07, 6.45) is 1.53. The first kappa shape index (κ1) is 19.8. The first-order chi connectivity index (χ1) is 13.4. The van der Waals surface area contributed by atoms with E-state index in [4.69, 9.17) is 11.6 Å². The van der Waals surface area contributed by atoms with Crippen molar-refractivity contribution in [1.29, 1.82) is 0 Å².